The van der Waals surface area contributed by atoms with Gasteiger partial charge in [0, 0.05) is 41.8 Å². The van der Waals surface area contributed by atoms with Gasteiger partial charge in [0.15, 0.2) is 11.6 Å². The van der Waals surface area contributed by atoms with Crippen molar-refractivity contribution in [2.24, 2.45) is 0 Å². The zero-order chi connectivity index (χ0) is 25.4. The van der Waals surface area contributed by atoms with Crippen molar-refractivity contribution in [2.45, 2.75) is 12.5 Å². The summed E-state index contributed by atoms with van der Waals surface area (Å²) >= 11 is 6.44. The average molecular weight is 505 g/mol. The van der Waals surface area contributed by atoms with Crippen molar-refractivity contribution in [3.05, 3.63) is 72.2 Å². The van der Waals surface area contributed by atoms with Crippen LogP contribution in [-0.4, -0.2) is 51.4 Å². The largest absolute Gasteiger partial charge is 0.352 e. The molecule has 1 aliphatic rings. The second-order valence-electron chi connectivity index (χ2n) is 8.39. The molecule has 1 atom stereocenters. The molecular weight excluding hydrogens is 486 g/mol. The Morgan fingerprint density at radius 2 is 1.97 bits per heavy atom. The molecule has 2 aromatic heterocycles. The number of hydrogen-bond donors (Lipinski definition) is 0. The molecule has 0 radical (unpaired) electrons. The highest BCUT2D eigenvalue weighted by atomic mass is 35.5. The third-order valence-electron chi connectivity index (χ3n) is 6.31. The van der Waals surface area contributed by atoms with Gasteiger partial charge in [-0.15, -0.1) is 0 Å². The summed E-state index contributed by atoms with van der Waals surface area (Å²) in [7, 11) is 0. The lowest BCUT2D eigenvalue weighted by Crippen LogP contribution is -2.55. The summed E-state index contributed by atoms with van der Waals surface area (Å²) in [5.74, 6) is -2.11. The highest BCUT2D eigenvalue weighted by molar-refractivity contribution is 6.36. The lowest BCUT2D eigenvalue weighted by molar-refractivity contribution is -0.131. The number of halogens is 3. The van der Waals surface area contributed by atoms with Crippen LogP contribution in [0.2, 0.25) is 5.02 Å². The minimum Gasteiger partial charge on any atom is -0.352 e. The first-order chi connectivity index (χ1) is 17.4. The summed E-state index contributed by atoms with van der Waals surface area (Å²) < 4.78 is 29.4. The highest BCUT2D eigenvalue weighted by Gasteiger charge is 2.33. The summed E-state index contributed by atoms with van der Waals surface area (Å²) in [4.78, 5) is 28.3. The molecule has 2 aromatic carbocycles. The zero-order valence-corrected chi connectivity index (χ0v) is 19.7. The van der Waals surface area contributed by atoms with Crippen LogP contribution in [0.5, 0.6) is 0 Å². The molecule has 1 fully saturated rings. The van der Waals surface area contributed by atoms with Gasteiger partial charge in [0.05, 0.1) is 23.9 Å². The van der Waals surface area contributed by atoms with Crippen LogP contribution in [0.25, 0.3) is 32.9 Å². The molecule has 0 bridgehead atoms. The monoisotopic (exact) mass is 504 g/mol. The van der Waals surface area contributed by atoms with Crippen LogP contribution in [0.4, 0.5) is 14.6 Å². The SMILES string of the molecule is C=C(F)C(=O)N1CCN(c2ncnc3c(F)c(-c4cccc5cccc(Cl)c45)ncc23)C[C@@H]1CC#N. The molecule has 7 nitrogen and oxygen atoms in total. The summed E-state index contributed by atoms with van der Waals surface area (Å²) in [6.07, 6.45) is 2.77. The van der Waals surface area contributed by atoms with Gasteiger partial charge in [0.2, 0.25) is 0 Å². The molecule has 180 valence electrons. The smallest absolute Gasteiger partial charge is 0.282 e. The quantitative estimate of drug-likeness (QED) is 0.361. The number of anilines is 1. The molecule has 4 aromatic rings. The van der Waals surface area contributed by atoms with Crippen LogP contribution >= 0.6 is 11.6 Å². The fourth-order valence-corrected chi connectivity index (χ4v) is 4.94. The van der Waals surface area contributed by atoms with Crippen molar-refractivity contribution < 1.29 is 13.6 Å². The third kappa shape index (κ3) is 3.99. The summed E-state index contributed by atoms with van der Waals surface area (Å²) in [6.45, 7) is 3.74. The number of pyridine rings is 1. The first kappa shape index (κ1) is 23.6. The number of nitrogens with zero attached hydrogens (tertiary/aromatic N) is 6. The molecule has 1 aliphatic heterocycles. The Kier molecular flexibility index (Phi) is 6.20. The van der Waals surface area contributed by atoms with Gasteiger partial charge in [-0.1, -0.05) is 48.5 Å². The number of nitriles is 1. The number of benzene rings is 2. The van der Waals surface area contributed by atoms with E-state index in [4.69, 9.17) is 11.6 Å². The van der Waals surface area contributed by atoms with Crippen LogP contribution in [0.3, 0.4) is 0 Å². The van der Waals surface area contributed by atoms with Gasteiger partial charge in [0.1, 0.15) is 23.4 Å². The van der Waals surface area contributed by atoms with Crippen molar-refractivity contribution in [1.29, 1.82) is 5.26 Å². The maximum atomic E-state index is 15.9. The van der Waals surface area contributed by atoms with Crippen molar-refractivity contribution in [1.82, 2.24) is 19.9 Å². The Balaban J connectivity index is 1.56. The minimum absolute atomic E-state index is 0.00284. The Morgan fingerprint density at radius 3 is 2.72 bits per heavy atom. The number of carbonyl (C=O) groups is 1. The van der Waals surface area contributed by atoms with Crippen molar-refractivity contribution in [2.75, 3.05) is 24.5 Å². The fourth-order valence-electron chi connectivity index (χ4n) is 4.66. The second-order valence-corrected chi connectivity index (χ2v) is 8.80. The van der Waals surface area contributed by atoms with Crippen molar-refractivity contribution >= 4 is 45.0 Å². The first-order valence-electron chi connectivity index (χ1n) is 11.1. The molecule has 5 rings (SSSR count). The predicted octanol–water partition coefficient (Wildman–Crippen LogP) is 5.05. The van der Waals surface area contributed by atoms with Gasteiger partial charge >= 0.3 is 0 Å². The Hall–Kier alpha value is -4.16. The molecule has 10 heteroatoms. The van der Waals surface area contributed by atoms with E-state index in [1.165, 1.54) is 17.4 Å². The molecule has 0 saturated carbocycles. The standard InChI is InChI=1S/C26H19ClF2N6O/c1-15(28)26(36)35-11-10-34(13-17(35)8-9-30)25-19-12-31-23(22(29)24(19)32-14-33-25)18-6-2-4-16-5-3-7-20(27)21(16)18/h2-7,12,14,17H,1,8,10-11,13H2/t17-/m0/s1. The highest BCUT2D eigenvalue weighted by Crippen LogP contribution is 2.36. The van der Waals surface area contributed by atoms with Crippen molar-refractivity contribution in [3.63, 3.8) is 0 Å². The number of carbonyl (C=O) groups excluding carboxylic acids is 1. The predicted molar refractivity (Wildman–Crippen MR) is 133 cm³/mol. The number of piperazine rings is 1. The van der Waals surface area contributed by atoms with E-state index in [0.717, 1.165) is 5.39 Å². The molecule has 3 heterocycles. The maximum Gasteiger partial charge on any atom is 0.282 e. The first-order valence-corrected chi connectivity index (χ1v) is 11.5. The van der Waals surface area contributed by atoms with E-state index < -0.39 is 23.6 Å². The molecule has 0 aliphatic carbocycles. The normalized spacial score (nSPS) is 15.8. The molecule has 0 N–H and O–H groups in total. The summed E-state index contributed by atoms with van der Waals surface area (Å²) in [5.41, 5.74) is 0.747. The van der Waals surface area contributed by atoms with Crippen molar-refractivity contribution in [3.8, 4) is 17.3 Å². The molecule has 1 amide bonds. The third-order valence-corrected chi connectivity index (χ3v) is 6.63. The Morgan fingerprint density at radius 1 is 1.19 bits per heavy atom. The van der Waals surface area contributed by atoms with Gasteiger partial charge in [-0.2, -0.15) is 5.26 Å². The van der Waals surface area contributed by atoms with Crippen LogP contribution < -0.4 is 4.90 Å². The van der Waals surface area contributed by atoms with E-state index in [1.807, 2.05) is 35.2 Å². The van der Waals surface area contributed by atoms with E-state index in [2.05, 4.69) is 21.5 Å². The van der Waals surface area contributed by atoms with Gasteiger partial charge in [-0.3, -0.25) is 9.78 Å². The average Bonchev–Trinajstić information content (AvgIpc) is 2.88. The van der Waals surface area contributed by atoms with E-state index in [9.17, 15) is 14.4 Å². The van der Waals surface area contributed by atoms with Gasteiger partial charge in [-0.05, 0) is 11.5 Å². The lowest BCUT2D eigenvalue weighted by atomic mass is 10.0. The van der Waals surface area contributed by atoms with E-state index in [0.29, 0.717) is 33.7 Å². The number of fused-ring (bicyclic) bond motifs is 2. The number of hydrogen-bond acceptors (Lipinski definition) is 6. The minimum atomic E-state index is -1.08. The molecule has 1 saturated heterocycles. The molecule has 0 spiro atoms. The fraction of sp³-hybridized carbons (Fsp3) is 0.192. The number of rotatable bonds is 4. The van der Waals surface area contributed by atoms with Crippen LogP contribution in [-0.2, 0) is 4.79 Å². The number of aromatic nitrogens is 3. The van der Waals surface area contributed by atoms with E-state index >= 15 is 4.39 Å². The second kappa shape index (κ2) is 9.47. The number of amides is 1. The lowest BCUT2D eigenvalue weighted by Gasteiger charge is -2.41. The topological polar surface area (TPSA) is 86.0 Å². The Bertz CT molecular complexity index is 1560. The molecule has 36 heavy (non-hydrogen) atoms. The zero-order valence-electron chi connectivity index (χ0n) is 19.0. The summed E-state index contributed by atoms with van der Waals surface area (Å²) in [5, 5.41) is 11.7. The Labute approximate surface area is 210 Å². The van der Waals surface area contributed by atoms with Gasteiger partial charge < -0.3 is 9.80 Å². The van der Waals surface area contributed by atoms with E-state index in [1.54, 1.807) is 12.1 Å². The van der Waals surface area contributed by atoms with Crippen LogP contribution in [0.1, 0.15) is 6.42 Å². The van der Waals surface area contributed by atoms with Gasteiger partial charge in [0.25, 0.3) is 5.91 Å². The van der Waals surface area contributed by atoms with Crippen LogP contribution in [0, 0.1) is 17.1 Å². The van der Waals surface area contributed by atoms with Crippen LogP contribution in [0.15, 0.2) is 61.3 Å². The van der Waals surface area contributed by atoms with E-state index in [-0.39, 0.29) is 30.7 Å². The maximum absolute atomic E-state index is 15.9. The summed E-state index contributed by atoms with van der Waals surface area (Å²) in [6, 6.07) is 12.4. The molecular formula is C26H19ClF2N6O. The van der Waals surface area contributed by atoms with Gasteiger partial charge in [-0.25, -0.2) is 18.7 Å². The molecule has 0 unspecified atom stereocenters.